The minimum atomic E-state index is -0.146. The molecular formula is C35H36N2O3S. The first-order chi connectivity index (χ1) is 20.1. The van der Waals surface area contributed by atoms with Crippen LogP contribution < -0.4 is 14.8 Å². The van der Waals surface area contributed by atoms with Crippen LogP contribution in [0, 0.1) is 5.92 Å². The molecule has 41 heavy (non-hydrogen) atoms. The van der Waals surface area contributed by atoms with Gasteiger partial charge in [0.05, 0.1) is 12.0 Å². The third-order valence-corrected chi connectivity index (χ3v) is 9.29. The first-order valence-corrected chi connectivity index (χ1v) is 15.3. The lowest BCUT2D eigenvalue weighted by molar-refractivity contribution is -0.129. The van der Waals surface area contributed by atoms with Crippen molar-refractivity contribution in [3.05, 3.63) is 107 Å². The predicted octanol–water partition coefficient (Wildman–Crippen LogP) is 8.32. The second kappa shape index (κ2) is 12.3. The van der Waals surface area contributed by atoms with Crippen LogP contribution in [0.2, 0.25) is 0 Å². The van der Waals surface area contributed by atoms with Crippen LogP contribution in [0.4, 0.5) is 5.69 Å². The van der Waals surface area contributed by atoms with Crippen LogP contribution in [-0.2, 0) is 11.4 Å². The number of nitrogens with one attached hydrogen (secondary N) is 1. The molecule has 0 spiro atoms. The van der Waals surface area contributed by atoms with E-state index in [1.165, 1.54) is 17.2 Å². The molecule has 2 fully saturated rings. The summed E-state index contributed by atoms with van der Waals surface area (Å²) in [6.07, 6.45) is 6.59. The first kappa shape index (κ1) is 27.3. The zero-order chi connectivity index (χ0) is 28.2. The van der Waals surface area contributed by atoms with Gasteiger partial charge in [-0.25, -0.2) is 0 Å². The highest BCUT2D eigenvalue weighted by molar-refractivity contribution is 8.05. The SMILES string of the molecule is COc1cc(/C=C2\SC(Nc3ccccc3)N([C@H]3CCCC[C@@H]3C)C2=O)ccc1OCc1cccc2ccccc12. The Labute approximate surface area is 246 Å². The van der Waals surface area contributed by atoms with Gasteiger partial charge in [0.25, 0.3) is 5.91 Å². The molecule has 1 aliphatic heterocycles. The van der Waals surface area contributed by atoms with Crippen molar-refractivity contribution in [1.82, 2.24) is 4.90 Å². The summed E-state index contributed by atoms with van der Waals surface area (Å²) in [7, 11) is 1.65. The molecule has 5 nitrogen and oxygen atoms in total. The van der Waals surface area contributed by atoms with Crippen LogP contribution in [0.5, 0.6) is 11.5 Å². The van der Waals surface area contributed by atoms with Crippen molar-refractivity contribution in [3.63, 3.8) is 0 Å². The van der Waals surface area contributed by atoms with Gasteiger partial charge in [0.1, 0.15) is 6.61 Å². The molecule has 0 radical (unpaired) electrons. The molecular weight excluding hydrogens is 528 g/mol. The van der Waals surface area contributed by atoms with Crippen molar-refractivity contribution in [2.45, 2.75) is 50.8 Å². The lowest BCUT2D eigenvalue weighted by Gasteiger charge is -2.39. The topological polar surface area (TPSA) is 50.8 Å². The van der Waals surface area contributed by atoms with E-state index in [1.54, 1.807) is 18.9 Å². The molecule has 0 bridgehead atoms. The number of carbonyl (C=O) groups is 1. The van der Waals surface area contributed by atoms with Crippen molar-refractivity contribution in [2.75, 3.05) is 12.4 Å². The lowest BCUT2D eigenvalue weighted by atomic mass is 9.85. The molecule has 1 amide bonds. The van der Waals surface area contributed by atoms with Gasteiger partial charge in [-0.1, -0.05) is 98.3 Å². The molecule has 2 aliphatic rings. The Hall–Kier alpha value is -3.90. The Kier molecular flexibility index (Phi) is 8.19. The number of para-hydroxylation sites is 1. The van der Waals surface area contributed by atoms with Crippen LogP contribution in [0.3, 0.4) is 0 Å². The number of nitrogens with zero attached hydrogens (tertiary/aromatic N) is 1. The van der Waals surface area contributed by atoms with Gasteiger partial charge in [-0.2, -0.15) is 0 Å². The molecule has 210 valence electrons. The van der Waals surface area contributed by atoms with Crippen LogP contribution in [0.1, 0.15) is 43.7 Å². The van der Waals surface area contributed by atoms with Crippen LogP contribution in [0.25, 0.3) is 16.8 Å². The van der Waals surface area contributed by atoms with Gasteiger partial charge < -0.3 is 19.7 Å². The monoisotopic (exact) mass is 564 g/mol. The first-order valence-electron chi connectivity index (χ1n) is 14.4. The Balaban J connectivity index is 1.24. The van der Waals surface area contributed by atoms with Crippen molar-refractivity contribution < 1.29 is 14.3 Å². The third kappa shape index (κ3) is 5.94. The molecule has 1 saturated carbocycles. The highest BCUT2D eigenvalue weighted by Crippen LogP contribution is 2.42. The zero-order valence-electron chi connectivity index (χ0n) is 23.6. The lowest BCUT2D eigenvalue weighted by Crippen LogP contribution is -2.48. The second-order valence-electron chi connectivity index (χ2n) is 10.9. The maximum atomic E-state index is 13.9. The average molecular weight is 565 g/mol. The van der Waals surface area contributed by atoms with E-state index < -0.39 is 0 Å². The number of benzene rings is 4. The third-order valence-electron chi connectivity index (χ3n) is 8.17. The highest BCUT2D eigenvalue weighted by atomic mass is 32.2. The maximum absolute atomic E-state index is 13.9. The number of amides is 1. The molecule has 1 heterocycles. The molecule has 1 N–H and O–H groups in total. The smallest absolute Gasteiger partial charge is 0.262 e. The number of methoxy groups -OCH3 is 1. The highest BCUT2D eigenvalue weighted by Gasteiger charge is 2.42. The minimum Gasteiger partial charge on any atom is -0.493 e. The standard InChI is InChI=1S/C35H36N2O3S/c1-24-11-6-9-18-30(24)37-34(38)33(41-35(37)36-28-15-4-3-5-16-28)22-25-19-20-31(32(21-25)39-2)40-23-27-14-10-13-26-12-7-8-17-29(26)27/h3-5,7-8,10,12-17,19-22,24,30,35-36H,6,9,11,18,23H2,1-2H3/b33-22-/t24-,30-,35?/m0/s1. The molecule has 3 atom stereocenters. The van der Waals surface area contributed by atoms with Gasteiger partial charge in [-0.3, -0.25) is 4.79 Å². The zero-order valence-corrected chi connectivity index (χ0v) is 24.4. The average Bonchev–Trinajstić information content (AvgIpc) is 3.30. The van der Waals surface area contributed by atoms with Crippen molar-refractivity contribution in [1.29, 1.82) is 0 Å². The van der Waals surface area contributed by atoms with E-state index in [2.05, 4.69) is 59.6 Å². The number of fused-ring (bicyclic) bond motifs is 1. The van der Waals surface area contributed by atoms with Crippen LogP contribution >= 0.6 is 11.8 Å². The summed E-state index contributed by atoms with van der Waals surface area (Å²) in [5.74, 6) is 1.89. The summed E-state index contributed by atoms with van der Waals surface area (Å²) in [4.78, 5) is 16.7. The van der Waals surface area contributed by atoms with Gasteiger partial charge in [0.2, 0.25) is 0 Å². The van der Waals surface area contributed by atoms with Crippen molar-refractivity contribution in [2.24, 2.45) is 5.92 Å². The van der Waals surface area contributed by atoms with E-state index in [0.29, 0.717) is 24.0 Å². The van der Waals surface area contributed by atoms with E-state index in [0.717, 1.165) is 41.0 Å². The fourth-order valence-electron chi connectivity index (χ4n) is 5.99. The summed E-state index contributed by atoms with van der Waals surface area (Å²) in [6.45, 7) is 2.72. The fraction of sp³-hybridized carbons (Fsp3) is 0.286. The Morgan fingerprint density at radius 3 is 2.54 bits per heavy atom. The molecule has 1 unspecified atom stereocenters. The summed E-state index contributed by atoms with van der Waals surface area (Å²) in [5.41, 5.74) is 2.90. The summed E-state index contributed by atoms with van der Waals surface area (Å²) >= 11 is 1.59. The maximum Gasteiger partial charge on any atom is 0.262 e. The predicted molar refractivity (Wildman–Crippen MR) is 169 cm³/mol. The quantitative estimate of drug-likeness (QED) is 0.218. The van der Waals surface area contributed by atoms with E-state index in [-0.39, 0.29) is 17.4 Å². The van der Waals surface area contributed by atoms with Crippen LogP contribution in [-0.4, -0.2) is 29.5 Å². The molecule has 6 rings (SSSR count). The Bertz CT molecular complexity index is 1550. The molecule has 4 aromatic carbocycles. The number of hydrogen-bond donors (Lipinski definition) is 1. The number of rotatable bonds is 8. The largest absolute Gasteiger partial charge is 0.493 e. The van der Waals surface area contributed by atoms with Gasteiger partial charge >= 0.3 is 0 Å². The van der Waals surface area contributed by atoms with E-state index in [9.17, 15) is 4.79 Å². The number of carbonyl (C=O) groups excluding carboxylic acids is 1. The van der Waals surface area contributed by atoms with Gasteiger partial charge in [0, 0.05) is 11.7 Å². The number of thioether (sulfide) groups is 1. The Morgan fingerprint density at radius 1 is 0.927 bits per heavy atom. The van der Waals surface area contributed by atoms with Crippen LogP contribution in [0.15, 0.2) is 95.9 Å². The van der Waals surface area contributed by atoms with Gasteiger partial charge in [-0.05, 0) is 71.0 Å². The number of anilines is 1. The molecule has 0 aromatic heterocycles. The Morgan fingerprint density at radius 2 is 1.71 bits per heavy atom. The second-order valence-corrected chi connectivity index (χ2v) is 12.0. The molecule has 6 heteroatoms. The summed E-state index contributed by atoms with van der Waals surface area (Å²) < 4.78 is 11.9. The fourth-order valence-corrected chi connectivity index (χ4v) is 7.20. The molecule has 1 saturated heterocycles. The summed E-state index contributed by atoms with van der Waals surface area (Å²) in [5, 5.41) is 5.99. The van der Waals surface area contributed by atoms with E-state index in [4.69, 9.17) is 9.47 Å². The minimum absolute atomic E-state index is 0.0948. The van der Waals surface area contributed by atoms with E-state index in [1.807, 2.05) is 54.6 Å². The van der Waals surface area contributed by atoms with E-state index >= 15 is 0 Å². The normalized spacial score (nSPS) is 21.8. The van der Waals surface area contributed by atoms with Crippen molar-refractivity contribution >= 4 is 40.2 Å². The molecule has 4 aromatic rings. The number of hydrogen-bond acceptors (Lipinski definition) is 5. The summed E-state index contributed by atoms with van der Waals surface area (Å²) in [6, 6.07) is 30.8. The van der Waals surface area contributed by atoms with Gasteiger partial charge in [-0.15, -0.1) is 0 Å². The molecule has 1 aliphatic carbocycles. The number of ether oxygens (including phenoxy) is 2. The van der Waals surface area contributed by atoms with Crippen molar-refractivity contribution in [3.8, 4) is 11.5 Å². The van der Waals surface area contributed by atoms with Gasteiger partial charge in [0.15, 0.2) is 17.0 Å².